The topological polar surface area (TPSA) is 80.0 Å². The number of aromatic hydroxyl groups is 1. The first-order valence-electron chi connectivity index (χ1n) is 9.32. The summed E-state index contributed by atoms with van der Waals surface area (Å²) in [5.41, 5.74) is 1.22. The second kappa shape index (κ2) is 8.28. The number of benzene rings is 2. The molecule has 1 amide bonds. The van der Waals surface area contributed by atoms with Crippen LogP contribution in [0.3, 0.4) is 0 Å². The van der Waals surface area contributed by atoms with Crippen LogP contribution in [0.15, 0.2) is 61.1 Å². The largest absolute Gasteiger partial charge is 0.494 e. The second-order valence-corrected chi connectivity index (χ2v) is 6.78. The molecule has 0 radical (unpaired) electrons. The Labute approximate surface area is 170 Å². The van der Waals surface area contributed by atoms with Crippen molar-refractivity contribution in [2.24, 2.45) is 0 Å². The third kappa shape index (κ3) is 3.98. The molecule has 0 unspecified atom stereocenters. The predicted octanol–water partition coefficient (Wildman–Crippen LogP) is 4.03. The summed E-state index contributed by atoms with van der Waals surface area (Å²) in [7, 11) is 0. The van der Waals surface area contributed by atoms with Crippen molar-refractivity contribution in [3.8, 4) is 5.88 Å². The zero-order chi connectivity index (χ0) is 21.1. The summed E-state index contributed by atoms with van der Waals surface area (Å²) >= 11 is 0. The normalized spacial score (nSPS) is 11.0. The summed E-state index contributed by atoms with van der Waals surface area (Å²) in [5.74, 6) is -0.937. The van der Waals surface area contributed by atoms with Gasteiger partial charge in [-0.2, -0.15) is 0 Å². The van der Waals surface area contributed by atoms with E-state index in [2.05, 4.69) is 15.3 Å². The zero-order valence-electron chi connectivity index (χ0n) is 15.8. The quantitative estimate of drug-likeness (QED) is 0.505. The van der Waals surface area contributed by atoms with Crippen molar-refractivity contribution in [2.45, 2.75) is 19.4 Å². The molecule has 152 valence electrons. The standard InChI is InChI=1S/C22H18F2N4O2/c23-15-6-4-14(5-7-15)13-28-18(21-16(22(28)30)2-1-3-17(21)24)8-9-20(29)27-19-12-25-10-11-26-19/h1-7,10-12,30H,8-9,13H2,(H,26,27,29). The molecule has 0 aliphatic carbocycles. The second-order valence-electron chi connectivity index (χ2n) is 6.78. The van der Waals surface area contributed by atoms with E-state index in [9.17, 15) is 18.7 Å². The first kappa shape index (κ1) is 19.5. The maximum absolute atomic E-state index is 14.6. The number of carbonyl (C=O) groups excluding carboxylic acids is 1. The molecule has 0 fully saturated rings. The van der Waals surface area contributed by atoms with Crippen LogP contribution in [0, 0.1) is 11.6 Å². The maximum atomic E-state index is 14.6. The molecule has 6 nitrogen and oxygen atoms in total. The van der Waals surface area contributed by atoms with E-state index < -0.39 is 5.82 Å². The Kier molecular flexibility index (Phi) is 5.38. The monoisotopic (exact) mass is 408 g/mol. The lowest BCUT2D eigenvalue weighted by molar-refractivity contribution is -0.116. The molecule has 0 saturated heterocycles. The number of carbonyl (C=O) groups is 1. The number of halogens is 2. The van der Waals surface area contributed by atoms with E-state index in [1.165, 1.54) is 42.9 Å². The summed E-state index contributed by atoms with van der Waals surface area (Å²) in [4.78, 5) is 20.2. The highest BCUT2D eigenvalue weighted by molar-refractivity contribution is 5.93. The maximum Gasteiger partial charge on any atom is 0.225 e. The summed E-state index contributed by atoms with van der Waals surface area (Å²) < 4.78 is 29.4. The van der Waals surface area contributed by atoms with E-state index in [1.54, 1.807) is 22.8 Å². The van der Waals surface area contributed by atoms with Crippen LogP contribution in [0.2, 0.25) is 0 Å². The lowest BCUT2D eigenvalue weighted by Gasteiger charge is -2.11. The van der Waals surface area contributed by atoms with Crippen molar-refractivity contribution in [3.63, 3.8) is 0 Å². The summed E-state index contributed by atoms with van der Waals surface area (Å²) in [6, 6.07) is 10.3. The lowest BCUT2D eigenvalue weighted by atomic mass is 10.1. The average molecular weight is 408 g/mol. The molecule has 0 bridgehead atoms. The number of rotatable bonds is 6. The van der Waals surface area contributed by atoms with Gasteiger partial charge in [-0.1, -0.05) is 18.2 Å². The van der Waals surface area contributed by atoms with Gasteiger partial charge in [-0.15, -0.1) is 0 Å². The number of anilines is 1. The molecule has 0 aliphatic rings. The van der Waals surface area contributed by atoms with E-state index >= 15 is 0 Å². The van der Waals surface area contributed by atoms with Gasteiger partial charge >= 0.3 is 0 Å². The van der Waals surface area contributed by atoms with E-state index in [4.69, 9.17) is 0 Å². The van der Waals surface area contributed by atoms with Crippen LogP contribution in [0.1, 0.15) is 17.7 Å². The molecule has 4 rings (SSSR count). The summed E-state index contributed by atoms with van der Waals surface area (Å²) in [6.45, 7) is 0.210. The van der Waals surface area contributed by atoms with Crippen LogP contribution in [0.25, 0.3) is 10.8 Å². The van der Waals surface area contributed by atoms with Gasteiger partial charge < -0.3 is 15.0 Å². The first-order chi connectivity index (χ1) is 14.5. The van der Waals surface area contributed by atoms with Crippen molar-refractivity contribution >= 4 is 22.5 Å². The van der Waals surface area contributed by atoms with Gasteiger partial charge in [0.05, 0.1) is 12.7 Å². The Hall–Kier alpha value is -3.81. The average Bonchev–Trinajstić information content (AvgIpc) is 3.01. The van der Waals surface area contributed by atoms with Gasteiger partial charge in [0.15, 0.2) is 11.7 Å². The molecule has 0 atom stereocenters. The number of nitrogens with zero attached hydrogens (tertiary/aromatic N) is 3. The Morgan fingerprint density at radius 1 is 1.10 bits per heavy atom. The van der Waals surface area contributed by atoms with Gasteiger partial charge in [0.1, 0.15) is 11.6 Å². The number of aryl methyl sites for hydroxylation is 1. The summed E-state index contributed by atoms with van der Waals surface area (Å²) in [5, 5.41) is 14.0. The Balaban J connectivity index is 1.64. The molecule has 0 saturated carbocycles. The predicted molar refractivity (Wildman–Crippen MR) is 108 cm³/mol. The first-order valence-corrected chi connectivity index (χ1v) is 9.32. The third-order valence-electron chi connectivity index (χ3n) is 4.80. The smallest absolute Gasteiger partial charge is 0.225 e. The van der Waals surface area contributed by atoms with Crippen molar-refractivity contribution in [3.05, 3.63) is 83.9 Å². The molecular formula is C22H18F2N4O2. The van der Waals surface area contributed by atoms with Gasteiger partial charge in [0, 0.05) is 35.3 Å². The van der Waals surface area contributed by atoms with E-state index in [1.807, 2.05) is 0 Å². The molecule has 2 heterocycles. The van der Waals surface area contributed by atoms with Gasteiger partial charge in [0.2, 0.25) is 5.91 Å². The number of hydrogen-bond donors (Lipinski definition) is 2. The fraction of sp³-hybridized carbons (Fsp3) is 0.136. The number of fused-ring (bicyclic) bond motifs is 1. The van der Waals surface area contributed by atoms with E-state index in [0.717, 1.165) is 5.56 Å². The third-order valence-corrected chi connectivity index (χ3v) is 4.80. The zero-order valence-corrected chi connectivity index (χ0v) is 15.8. The molecule has 8 heteroatoms. The van der Waals surface area contributed by atoms with E-state index in [-0.39, 0.29) is 42.4 Å². The number of hydrogen-bond acceptors (Lipinski definition) is 4. The molecule has 30 heavy (non-hydrogen) atoms. The lowest BCUT2D eigenvalue weighted by Crippen LogP contribution is -2.15. The molecule has 0 spiro atoms. The van der Waals surface area contributed by atoms with Gasteiger partial charge in [-0.05, 0) is 36.2 Å². The molecule has 2 aromatic heterocycles. The highest BCUT2D eigenvalue weighted by Gasteiger charge is 2.20. The molecule has 2 aromatic carbocycles. The Morgan fingerprint density at radius 3 is 2.63 bits per heavy atom. The highest BCUT2D eigenvalue weighted by Crippen LogP contribution is 2.34. The van der Waals surface area contributed by atoms with Gasteiger partial charge in [0.25, 0.3) is 0 Å². The van der Waals surface area contributed by atoms with Crippen molar-refractivity contribution < 1.29 is 18.7 Å². The van der Waals surface area contributed by atoms with Crippen molar-refractivity contribution in [1.29, 1.82) is 0 Å². The van der Waals surface area contributed by atoms with Crippen LogP contribution in [-0.4, -0.2) is 25.5 Å². The minimum Gasteiger partial charge on any atom is -0.494 e. The van der Waals surface area contributed by atoms with Crippen LogP contribution in [0.4, 0.5) is 14.6 Å². The fourth-order valence-electron chi connectivity index (χ4n) is 3.42. The van der Waals surface area contributed by atoms with Gasteiger partial charge in [-0.3, -0.25) is 9.78 Å². The van der Waals surface area contributed by atoms with Gasteiger partial charge in [-0.25, -0.2) is 13.8 Å². The molecular weight excluding hydrogens is 390 g/mol. The van der Waals surface area contributed by atoms with Crippen molar-refractivity contribution in [2.75, 3.05) is 5.32 Å². The SMILES string of the molecule is O=C(CCc1c2c(F)cccc2c(O)n1Cc1ccc(F)cc1)Nc1cnccn1. The summed E-state index contributed by atoms with van der Waals surface area (Å²) in [6.07, 6.45) is 4.62. The Bertz CT molecular complexity index is 1190. The minimum atomic E-state index is -0.481. The Morgan fingerprint density at radius 2 is 1.90 bits per heavy atom. The molecule has 2 N–H and O–H groups in total. The number of amides is 1. The highest BCUT2D eigenvalue weighted by atomic mass is 19.1. The minimum absolute atomic E-state index is 0.0485. The van der Waals surface area contributed by atoms with Crippen LogP contribution >= 0.6 is 0 Å². The van der Waals surface area contributed by atoms with Crippen LogP contribution in [0.5, 0.6) is 5.88 Å². The van der Waals surface area contributed by atoms with Crippen LogP contribution < -0.4 is 5.32 Å². The van der Waals surface area contributed by atoms with E-state index in [0.29, 0.717) is 16.9 Å². The molecule has 4 aromatic rings. The van der Waals surface area contributed by atoms with Crippen LogP contribution in [-0.2, 0) is 17.8 Å². The van der Waals surface area contributed by atoms with Crippen molar-refractivity contribution in [1.82, 2.24) is 14.5 Å². The molecule has 0 aliphatic heterocycles. The fourth-order valence-corrected chi connectivity index (χ4v) is 3.42. The number of nitrogens with one attached hydrogen (secondary N) is 1. The number of aromatic nitrogens is 3.